The number of nitrogens with zero attached hydrogens (tertiary/aromatic N) is 2. The SMILES string of the molecule is CC(C)CN(C[C@@H](O)[C@H](Cc1ccccc1)NC(=O)OCc1ccccc1)S(=O)(=O)N(C)C. The van der Waals surface area contributed by atoms with Gasteiger partial charge in [0, 0.05) is 27.2 Å². The molecule has 0 heterocycles. The van der Waals surface area contributed by atoms with E-state index in [2.05, 4.69) is 5.32 Å². The van der Waals surface area contributed by atoms with Crippen molar-refractivity contribution in [1.82, 2.24) is 13.9 Å². The molecule has 0 aliphatic rings. The first-order chi connectivity index (χ1) is 15.6. The number of aliphatic hydroxyl groups excluding tert-OH is 1. The molecule has 2 N–H and O–H groups in total. The second-order valence-corrected chi connectivity index (χ2v) is 10.7. The van der Waals surface area contributed by atoms with Crippen molar-refractivity contribution in [2.75, 3.05) is 27.2 Å². The normalized spacial score (nSPS) is 13.8. The summed E-state index contributed by atoms with van der Waals surface area (Å²) in [4.78, 5) is 12.5. The van der Waals surface area contributed by atoms with Crippen LogP contribution in [0.3, 0.4) is 0 Å². The van der Waals surface area contributed by atoms with E-state index in [1.54, 1.807) is 0 Å². The van der Waals surface area contributed by atoms with Crippen LogP contribution in [0.1, 0.15) is 25.0 Å². The Balaban J connectivity index is 2.15. The maximum atomic E-state index is 12.8. The maximum absolute atomic E-state index is 12.8. The largest absolute Gasteiger partial charge is 0.445 e. The Morgan fingerprint density at radius 3 is 2.03 bits per heavy atom. The van der Waals surface area contributed by atoms with Gasteiger partial charge in [-0.05, 0) is 23.5 Å². The molecule has 0 aliphatic heterocycles. The Bertz CT molecular complexity index is 953. The van der Waals surface area contributed by atoms with Crippen LogP contribution >= 0.6 is 0 Å². The summed E-state index contributed by atoms with van der Waals surface area (Å²) in [5.74, 6) is 0.0586. The monoisotopic (exact) mass is 477 g/mol. The smallest absolute Gasteiger partial charge is 0.407 e. The molecule has 0 spiro atoms. The second kappa shape index (κ2) is 12.7. The molecule has 0 unspecified atom stereocenters. The van der Waals surface area contributed by atoms with Gasteiger partial charge in [-0.15, -0.1) is 0 Å². The maximum Gasteiger partial charge on any atom is 0.407 e. The quantitative estimate of drug-likeness (QED) is 0.490. The summed E-state index contributed by atoms with van der Waals surface area (Å²) in [6.07, 6.45) is -1.51. The van der Waals surface area contributed by atoms with Gasteiger partial charge in [0.15, 0.2) is 0 Å². The van der Waals surface area contributed by atoms with Gasteiger partial charge < -0.3 is 15.2 Å². The lowest BCUT2D eigenvalue weighted by molar-refractivity contribution is 0.0863. The van der Waals surface area contributed by atoms with Gasteiger partial charge in [-0.25, -0.2) is 4.79 Å². The number of alkyl carbamates (subject to hydrolysis) is 1. The summed E-state index contributed by atoms with van der Waals surface area (Å²) in [6, 6.07) is 17.9. The number of carbonyl (C=O) groups is 1. The summed E-state index contributed by atoms with van der Waals surface area (Å²) in [5, 5.41) is 13.8. The molecule has 0 saturated carbocycles. The van der Waals surface area contributed by atoms with Crippen LogP contribution in [-0.4, -0.2) is 67.6 Å². The minimum absolute atomic E-state index is 0.0586. The van der Waals surface area contributed by atoms with Crippen molar-refractivity contribution in [3.63, 3.8) is 0 Å². The number of nitrogens with one attached hydrogen (secondary N) is 1. The number of hydrogen-bond acceptors (Lipinski definition) is 5. The van der Waals surface area contributed by atoms with E-state index in [4.69, 9.17) is 4.74 Å². The Kier molecular flexibility index (Phi) is 10.3. The second-order valence-electron chi connectivity index (χ2n) is 8.57. The molecule has 2 aromatic rings. The fourth-order valence-electron chi connectivity index (χ4n) is 3.30. The van der Waals surface area contributed by atoms with Gasteiger partial charge in [-0.1, -0.05) is 74.5 Å². The third kappa shape index (κ3) is 8.77. The molecule has 0 radical (unpaired) electrons. The molecule has 182 valence electrons. The zero-order valence-corrected chi connectivity index (χ0v) is 20.5. The van der Waals surface area contributed by atoms with Crippen molar-refractivity contribution in [2.24, 2.45) is 5.92 Å². The lowest BCUT2D eigenvalue weighted by atomic mass is 10.0. The minimum atomic E-state index is -3.75. The van der Waals surface area contributed by atoms with E-state index >= 15 is 0 Å². The predicted molar refractivity (Wildman–Crippen MR) is 129 cm³/mol. The average Bonchev–Trinajstić information content (AvgIpc) is 2.77. The lowest BCUT2D eigenvalue weighted by Gasteiger charge is -2.31. The van der Waals surface area contributed by atoms with Crippen molar-refractivity contribution >= 4 is 16.3 Å². The summed E-state index contributed by atoms with van der Waals surface area (Å²) in [6.45, 7) is 4.00. The van der Waals surface area contributed by atoms with Crippen molar-refractivity contribution in [3.8, 4) is 0 Å². The number of aliphatic hydroxyl groups is 1. The van der Waals surface area contributed by atoms with Crippen LogP contribution in [0, 0.1) is 5.92 Å². The molecular formula is C24H35N3O5S. The van der Waals surface area contributed by atoms with E-state index in [0.717, 1.165) is 15.4 Å². The van der Waals surface area contributed by atoms with Gasteiger partial charge >= 0.3 is 6.09 Å². The molecule has 0 aliphatic carbocycles. The molecule has 8 nitrogen and oxygen atoms in total. The standard InChI is InChI=1S/C24H35N3O5S/c1-19(2)16-27(33(30,31)26(3)4)17-23(28)22(15-20-11-7-5-8-12-20)25-24(29)32-18-21-13-9-6-10-14-21/h5-14,19,22-23,28H,15-18H2,1-4H3,(H,25,29)/t22-,23+/m0/s1. The Morgan fingerprint density at radius 2 is 1.52 bits per heavy atom. The lowest BCUT2D eigenvalue weighted by Crippen LogP contribution is -2.52. The van der Waals surface area contributed by atoms with Gasteiger partial charge in [0.25, 0.3) is 10.2 Å². The van der Waals surface area contributed by atoms with Gasteiger partial charge in [-0.2, -0.15) is 17.0 Å². The van der Waals surface area contributed by atoms with E-state index in [9.17, 15) is 18.3 Å². The summed E-state index contributed by atoms with van der Waals surface area (Å²) < 4.78 is 33.3. The van der Waals surface area contributed by atoms with Crippen LogP contribution in [-0.2, 0) is 28.0 Å². The molecule has 0 fully saturated rings. The molecule has 0 aromatic heterocycles. The molecule has 0 saturated heterocycles. The van der Waals surface area contributed by atoms with Gasteiger partial charge in [0.2, 0.25) is 0 Å². The van der Waals surface area contributed by atoms with E-state index in [1.165, 1.54) is 18.4 Å². The predicted octanol–water partition coefficient (Wildman–Crippen LogP) is 2.65. The highest BCUT2D eigenvalue weighted by Crippen LogP contribution is 2.14. The van der Waals surface area contributed by atoms with Gasteiger partial charge in [-0.3, -0.25) is 0 Å². The first kappa shape index (κ1) is 26.8. The molecule has 2 atom stereocenters. The summed E-state index contributed by atoms with van der Waals surface area (Å²) in [7, 11) is -0.839. The van der Waals surface area contributed by atoms with Crippen LogP contribution in [0.2, 0.25) is 0 Å². The van der Waals surface area contributed by atoms with Gasteiger partial charge in [0.1, 0.15) is 6.61 Å². The highest BCUT2D eigenvalue weighted by Gasteiger charge is 2.31. The molecule has 2 aromatic carbocycles. The number of benzene rings is 2. The average molecular weight is 478 g/mol. The minimum Gasteiger partial charge on any atom is -0.445 e. The fraction of sp³-hybridized carbons (Fsp3) is 0.458. The summed E-state index contributed by atoms with van der Waals surface area (Å²) >= 11 is 0. The number of amides is 1. The first-order valence-corrected chi connectivity index (χ1v) is 12.4. The number of ether oxygens (including phenoxy) is 1. The first-order valence-electron chi connectivity index (χ1n) is 11.0. The molecule has 0 bridgehead atoms. The van der Waals surface area contributed by atoms with Crippen LogP contribution in [0.4, 0.5) is 4.79 Å². The van der Waals surface area contributed by atoms with Gasteiger partial charge in [0.05, 0.1) is 12.1 Å². The Morgan fingerprint density at radius 1 is 0.970 bits per heavy atom. The van der Waals surface area contributed by atoms with E-state index in [-0.39, 0.29) is 25.6 Å². The molecular weight excluding hydrogens is 442 g/mol. The molecule has 33 heavy (non-hydrogen) atoms. The molecule has 2 rings (SSSR count). The fourth-order valence-corrected chi connectivity index (χ4v) is 4.59. The zero-order chi connectivity index (χ0) is 24.4. The Hall–Kier alpha value is -2.46. The number of carbonyl (C=O) groups excluding carboxylic acids is 1. The zero-order valence-electron chi connectivity index (χ0n) is 19.7. The highest BCUT2D eigenvalue weighted by atomic mass is 32.2. The van der Waals surface area contributed by atoms with E-state index in [0.29, 0.717) is 6.42 Å². The third-order valence-electron chi connectivity index (χ3n) is 5.03. The molecule has 1 amide bonds. The third-order valence-corrected chi connectivity index (χ3v) is 6.90. The van der Waals surface area contributed by atoms with Crippen molar-refractivity contribution in [1.29, 1.82) is 0 Å². The summed E-state index contributed by atoms with van der Waals surface area (Å²) in [5.41, 5.74) is 1.74. The highest BCUT2D eigenvalue weighted by molar-refractivity contribution is 7.86. The van der Waals surface area contributed by atoms with Crippen molar-refractivity contribution in [2.45, 2.75) is 39.0 Å². The van der Waals surface area contributed by atoms with Crippen LogP contribution in [0.25, 0.3) is 0 Å². The van der Waals surface area contributed by atoms with Crippen LogP contribution < -0.4 is 5.32 Å². The van der Waals surface area contributed by atoms with Crippen molar-refractivity contribution < 1.29 is 23.1 Å². The van der Waals surface area contributed by atoms with Crippen LogP contribution in [0.5, 0.6) is 0 Å². The topological polar surface area (TPSA) is 99.2 Å². The Labute approximate surface area is 197 Å². The van der Waals surface area contributed by atoms with E-state index in [1.807, 2.05) is 74.5 Å². The van der Waals surface area contributed by atoms with Crippen molar-refractivity contribution in [3.05, 3.63) is 71.8 Å². The number of rotatable bonds is 12. The van der Waals surface area contributed by atoms with E-state index < -0.39 is 28.4 Å². The van der Waals surface area contributed by atoms with Crippen LogP contribution in [0.15, 0.2) is 60.7 Å². The number of hydrogen-bond donors (Lipinski definition) is 2. The molecule has 9 heteroatoms.